The summed E-state index contributed by atoms with van der Waals surface area (Å²) >= 11 is 0. The molecular weight excluding hydrogens is 228 g/mol. The zero-order chi connectivity index (χ0) is 13.5. The van der Waals surface area contributed by atoms with Crippen LogP contribution in [0.2, 0.25) is 0 Å². The maximum Gasteiger partial charge on any atom is 0.220 e. The summed E-state index contributed by atoms with van der Waals surface area (Å²) in [5.41, 5.74) is 7.75. The van der Waals surface area contributed by atoms with Gasteiger partial charge in [0.15, 0.2) is 0 Å². The van der Waals surface area contributed by atoms with Crippen LogP contribution in [0.5, 0.6) is 5.75 Å². The lowest BCUT2D eigenvalue weighted by molar-refractivity contribution is -0.121. The van der Waals surface area contributed by atoms with Crippen LogP contribution in [0.15, 0.2) is 18.2 Å². The molecule has 0 heterocycles. The van der Waals surface area contributed by atoms with Crippen molar-refractivity contribution < 1.29 is 9.53 Å². The predicted octanol–water partition coefficient (Wildman–Crippen LogP) is 1.75. The Hall–Kier alpha value is -1.55. The normalized spacial score (nSPS) is 12.0. The second-order valence-corrected chi connectivity index (χ2v) is 4.61. The highest BCUT2D eigenvalue weighted by Gasteiger charge is 2.06. The first-order valence-corrected chi connectivity index (χ1v) is 6.18. The SMILES string of the molecule is COc1ccc(C)cc1CNC(=O)CCC(C)N. The Labute approximate surface area is 109 Å². The van der Waals surface area contributed by atoms with Crippen molar-refractivity contribution in [3.63, 3.8) is 0 Å². The summed E-state index contributed by atoms with van der Waals surface area (Å²) in [6, 6.07) is 5.98. The first-order chi connectivity index (χ1) is 8.52. The molecule has 0 fully saturated rings. The van der Waals surface area contributed by atoms with Gasteiger partial charge < -0.3 is 15.8 Å². The molecule has 0 aliphatic rings. The molecule has 100 valence electrons. The standard InChI is InChI=1S/C14H22N2O2/c1-10-4-6-13(18-3)12(8-10)9-16-14(17)7-5-11(2)15/h4,6,8,11H,5,7,9,15H2,1-3H3,(H,16,17). The topological polar surface area (TPSA) is 64.3 Å². The molecule has 4 heteroatoms. The van der Waals surface area contributed by atoms with Gasteiger partial charge in [0.05, 0.1) is 7.11 Å². The lowest BCUT2D eigenvalue weighted by atomic mass is 10.1. The van der Waals surface area contributed by atoms with Crippen molar-refractivity contribution in [2.75, 3.05) is 7.11 Å². The fourth-order valence-corrected chi connectivity index (χ4v) is 1.69. The van der Waals surface area contributed by atoms with E-state index in [0.29, 0.717) is 19.4 Å². The number of amides is 1. The molecule has 3 N–H and O–H groups in total. The molecule has 1 atom stereocenters. The first-order valence-electron chi connectivity index (χ1n) is 6.18. The van der Waals surface area contributed by atoms with Gasteiger partial charge in [0.2, 0.25) is 5.91 Å². The van der Waals surface area contributed by atoms with E-state index in [1.165, 1.54) is 0 Å². The molecule has 0 saturated carbocycles. The number of nitrogens with one attached hydrogen (secondary N) is 1. The summed E-state index contributed by atoms with van der Waals surface area (Å²) in [7, 11) is 1.63. The van der Waals surface area contributed by atoms with Crippen LogP contribution in [0.4, 0.5) is 0 Å². The van der Waals surface area contributed by atoms with Crippen LogP contribution in [0.3, 0.4) is 0 Å². The van der Waals surface area contributed by atoms with Crippen molar-refractivity contribution in [2.24, 2.45) is 5.73 Å². The number of carbonyl (C=O) groups is 1. The van der Waals surface area contributed by atoms with Gasteiger partial charge in [-0.05, 0) is 26.3 Å². The Morgan fingerprint density at radius 1 is 1.50 bits per heavy atom. The Morgan fingerprint density at radius 2 is 2.22 bits per heavy atom. The molecule has 1 amide bonds. The van der Waals surface area contributed by atoms with Crippen LogP contribution >= 0.6 is 0 Å². The van der Waals surface area contributed by atoms with Crippen LogP contribution in [-0.2, 0) is 11.3 Å². The summed E-state index contributed by atoms with van der Waals surface area (Å²) < 4.78 is 5.26. The third-order valence-corrected chi connectivity index (χ3v) is 2.74. The van der Waals surface area contributed by atoms with Crippen molar-refractivity contribution >= 4 is 5.91 Å². The lowest BCUT2D eigenvalue weighted by Gasteiger charge is -2.11. The molecule has 0 aliphatic heterocycles. The van der Waals surface area contributed by atoms with E-state index in [1.807, 2.05) is 32.0 Å². The van der Waals surface area contributed by atoms with Crippen molar-refractivity contribution in [1.82, 2.24) is 5.32 Å². The van der Waals surface area contributed by atoms with Crippen LogP contribution in [0, 0.1) is 6.92 Å². The smallest absolute Gasteiger partial charge is 0.220 e. The number of aryl methyl sites for hydroxylation is 1. The monoisotopic (exact) mass is 250 g/mol. The summed E-state index contributed by atoms with van der Waals surface area (Å²) in [4.78, 5) is 11.6. The molecule has 0 bridgehead atoms. The fraction of sp³-hybridized carbons (Fsp3) is 0.500. The van der Waals surface area contributed by atoms with Crippen LogP contribution in [0.25, 0.3) is 0 Å². The molecule has 0 aliphatic carbocycles. The third-order valence-electron chi connectivity index (χ3n) is 2.74. The molecule has 1 rings (SSSR count). The van der Waals surface area contributed by atoms with E-state index in [0.717, 1.165) is 16.9 Å². The number of rotatable bonds is 6. The van der Waals surface area contributed by atoms with E-state index in [4.69, 9.17) is 10.5 Å². The molecule has 1 aromatic rings. The Kier molecular flexibility index (Phi) is 5.65. The Bertz CT molecular complexity index is 403. The minimum atomic E-state index is 0.0239. The summed E-state index contributed by atoms with van der Waals surface area (Å²) in [6.07, 6.45) is 1.17. The minimum absolute atomic E-state index is 0.0239. The average Bonchev–Trinajstić information content (AvgIpc) is 2.34. The summed E-state index contributed by atoms with van der Waals surface area (Å²) in [5, 5.41) is 2.88. The number of methoxy groups -OCH3 is 1. The number of benzene rings is 1. The maximum atomic E-state index is 11.6. The van der Waals surface area contributed by atoms with Gasteiger partial charge in [0.1, 0.15) is 5.75 Å². The van der Waals surface area contributed by atoms with Gasteiger partial charge in [-0.15, -0.1) is 0 Å². The molecule has 0 aromatic heterocycles. The largest absolute Gasteiger partial charge is 0.496 e. The lowest BCUT2D eigenvalue weighted by Crippen LogP contribution is -2.25. The predicted molar refractivity (Wildman–Crippen MR) is 72.5 cm³/mol. The Morgan fingerprint density at radius 3 is 2.83 bits per heavy atom. The van der Waals surface area contributed by atoms with Gasteiger partial charge in [0.25, 0.3) is 0 Å². The molecule has 0 spiro atoms. The average molecular weight is 250 g/mol. The molecule has 18 heavy (non-hydrogen) atoms. The molecule has 0 saturated heterocycles. The number of hydrogen-bond donors (Lipinski definition) is 2. The van der Waals surface area contributed by atoms with Crippen molar-refractivity contribution in [3.8, 4) is 5.75 Å². The number of nitrogens with two attached hydrogens (primary N) is 1. The fourth-order valence-electron chi connectivity index (χ4n) is 1.69. The third kappa shape index (κ3) is 4.75. The van der Waals surface area contributed by atoms with Crippen molar-refractivity contribution in [2.45, 2.75) is 39.3 Å². The van der Waals surface area contributed by atoms with Gasteiger partial charge in [-0.1, -0.05) is 17.7 Å². The minimum Gasteiger partial charge on any atom is -0.496 e. The van der Waals surface area contributed by atoms with Crippen LogP contribution in [0.1, 0.15) is 30.9 Å². The van der Waals surface area contributed by atoms with Gasteiger partial charge in [-0.2, -0.15) is 0 Å². The Balaban J connectivity index is 2.52. The van der Waals surface area contributed by atoms with E-state index < -0.39 is 0 Å². The highest BCUT2D eigenvalue weighted by molar-refractivity contribution is 5.75. The van der Waals surface area contributed by atoms with Gasteiger partial charge in [-0.3, -0.25) is 4.79 Å². The first kappa shape index (κ1) is 14.5. The maximum absolute atomic E-state index is 11.6. The van der Waals surface area contributed by atoms with E-state index in [2.05, 4.69) is 5.32 Å². The summed E-state index contributed by atoms with van der Waals surface area (Å²) in [5.74, 6) is 0.823. The molecule has 1 unspecified atom stereocenters. The van der Waals surface area contributed by atoms with Gasteiger partial charge in [-0.25, -0.2) is 0 Å². The molecule has 4 nitrogen and oxygen atoms in total. The molecule has 0 radical (unpaired) electrons. The highest BCUT2D eigenvalue weighted by atomic mass is 16.5. The number of hydrogen-bond acceptors (Lipinski definition) is 3. The summed E-state index contributed by atoms with van der Waals surface area (Å²) in [6.45, 7) is 4.40. The van der Waals surface area contributed by atoms with E-state index >= 15 is 0 Å². The van der Waals surface area contributed by atoms with Crippen LogP contribution < -0.4 is 15.8 Å². The van der Waals surface area contributed by atoms with E-state index in [9.17, 15) is 4.79 Å². The quantitative estimate of drug-likeness (QED) is 0.808. The molecule has 1 aromatic carbocycles. The zero-order valence-corrected chi connectivity index (χ0v) is 11.3. The van der Waals surface area contributed by atoms with E-state index in [1.54, 1.807) is 7.11 Å². The second-order valence-electron chi connectivity index (χ2n) is 4.61. The molecular formula is C14H22N2O2. The van der Waals surface area contributed by atoms with Crippen molar-refractivity contribution in [3.05, 3.63) is 29.3 Å². The number of carbonyl (C=O) groups excluding carboxylic acids is 1. The van der Waals surface area contributed by atoms with E-state index in [-0.39, 0.29) is 11.9 Å². The van der Waals surface area contributed by atoms with Crippen molar-refractivity contribution in [1.29, 1.82) is 0 Å². The number of ether oxygens (including phenoxy) is 1. The van der Waals surface area contributed by atoms with Gasteiger partial charge in [0, 0.05) is 24.6 Å². The van der Waals surface area contributed by atoms with Gasteiger partial charge >= 0.3 is 0 Å². The van der Waals surface area contributed by atoms with Crippen LogP contribution in [-0.4, -0.2) is 19.1 Å². The second kappa shape index (κ2) is 7.01. The highest BCUT2D eigenvalue weighted by Crippen LogP contribution is 2.19. The zero-order valence-electron chi connectivity index (χ0n) is 11.3.